The van der Waals surface area contributed by atoms with Gasteiger partial charge in [-0.1, -0.05) is 0 Å². The van der Waals surface area contributed by atoms with Crippen LogP contribution >= 0.6 is 0 Å². The molecule has 0 radical (unpaired) electrons. The van der Waals surface area contributed by atoms with Crippen molar-refractivity contribution in [1.82, 2.24) is 5.32 Å². The van der Waals surface area contributed by atoms with E-state index in [0.29, 0.717) is 6.42 Å². The molecule has 1 amide bonds. The lowest BCUT2D eigenvalue weighted by Gasteiger charge is -2.17. The monoisotopic (exact) mass is 210 g/mol. The zero-order valence-corrected chi connectivity index (χ0v) is 9.19. The second-order valence-corrected chi connectivity index (χ2v) is 3.92. The quantitative estimate of drug-likeness (QED) is 0.737. The molecule has 1 heterocycles. The Morgan fingerprint density at radius 1 is 1.53 bits per heavy atom. The Morgan fingerprint density at radius 3 is 2.80 bits per heavy atom. The Bertz CT molecular complexity index is 296. The molecule has 0 aliphatic rings. The fourth-order valence-electron chi connectivity index (χ4n) is 1.64. The summed E-state index contributed by atoms with van der Waals surface area (Å²) in [6.07, 6.45) is 2.84. The van der Waals surface area contributed by atoms with E-state index >= 15 is 0 Å². The van der Waals surface area contributed by atoms with Crippen LogP contribution in [0.2, 0.25) is 0 Å². The molecule has 0 saturated heterocycles. The van der Waals surface area contributed by atoms with E-state index in [1.165, 1.54) is 0 Å². The van der Waals surface area contributed by atoms with E-state index in [-0.39, 0.29) is 18.0 Å². The second-order valence-electron chi connectivity index (χ2n) is 3.92. The Hall–Kier alpha value is -1.29. The van der Waals surface area contributed by atoms with E-state index in [9.17, 15) is 4.79 Å². The van der Waals surface area contributed by atoms with Gasteiger partial charge in [-0.3, -0.25) is 4.79 Å². The molecule has 0 aliphatic heterocycles. The van der Waals surface area contributed by atoms with Gasteiger partial charge in [0, 0.05) is 24.9 Å². The van der Waals surface area contributed by atoms with Gasteiger partial charge < -0.3 is 15.5 Å². The number of primary amides is 1. The lowest BCUT2D eigenvalue weighted by Crippen LogP contribution is -2.38. The normalized spacial score (nSPS) is 14.8. The van der Waals surface area contributed by atoms with E-state index < -0.39 is 0 Å². The molecule has 0 fully saturated rings. The van der Waals surface area contributed by atoms with Gasteiger partial charge in [0.2, 0.25) is 5.91 Å². The number of rotatable bonds is 6. The number of hydrogen-bond donors (Lipinski definition) is 2. The van der Waals surface area contributed by atoms with Crippen molar-refractivity contribution in [3.05, 3.63) is 24.2 Å². The number of furan rings is 1. The van der Waals surface area contributed by atoms with Gasteiger partial charge in [-0.25, -0.2) is 0 Å². The first kappa shape index (κ1) is 11.8. The van der Waals surface area contributed by atoms with Crippen LogP contribution in [0.15, 0.2) is 22.8 Å². The number of carbonyl (C=O) groups excluding carboxylic acids is 1. The van der Waals surface area contributed by atoms with Crippen LogP contribution in [0.5, 0.6) is 0 Å². The highest BCUT2D eigenvalue weighted by Gasteiger charge is 2.11. The van der Waals surface area contributed by atoms with Crippen LogP contribution in [0.25, 0.3) is 0 Å². The summed E-state index contributed by atoms with van der Waals surface area (Å²) in [4.78, 5) is 10.7. The lowest BCUT2D eigenvalue weighted by molar-refractivity contribution is -0.118. The van der Waals surface area contributed by atoms with Gasteiger partial charge in [0.1, 0.15) is 5.76 Å². The maximum Gasteiger partial charge on any atom is 0.218 e. The number of carbonyl (C=O) groups is 1. The van der Waals surface area contributed by atoms with Crippen molar-refractivity contribution in [3.63, 3.8) is 0 Å². The predicted molar refractivity (Wildman–Crippen MR) is 58.3 cm³/mol. The van der Waals surface area contributed by atoms with Crippen molar-refractivity contribution in [2.45, 2.75) is 38.8 Å². The first-order valence-electron chi connectivity index (χ1n) is 5.14. The van der Waals surface area contributed by atoms with Crippen molar-refractivity contribution in [2.24, 2.45) is 5.73 Å². The van der Waals surface area contributed by atoms with Crippen molar-refractivity contribution >= 4 is 5.91 Å². The number of amides is 1. The average Bonchev–Trinajstić information content (AvgIpc) is 2.53. The molecule has 2 atom stereocenters. The molecule has 4 heteroatoms. The molecule has 84 valence electrons. The first-order valence-corrected chi connectivity index (χ1v) is 5.14. The smallest absolute Gasteiger partial charge is 0.218 e. The summed E-state index contributed by atoms with van der Waals surface area (Å²) < 4.78 is 5.24. The van der Waals surface area contributed by atoms with Crippen LogP contribution in [0.4, 0.5) is 0 Å². The molecule has 1 rings (SSSR count). The van der Waals surface area contributed by atoms with Gasteiger partial charge in [0.15, 0.2) is 0 Å². The predicted octanol–water partition coefficient (Wildman–Crippen LogP) is 1.06. The third-order valence-electron chi connectivity index (χ3n) is 2.16. The minimum Gasteiger partial charge on any atom is -0.469 e. The topological polar surface area (TPSA) is 68.3 Å². The Morgan fingerprint density at radius 2 is 2.27 bits per heavy atom. The lowest BCUT2D eigenvalue weighted by atomic mass is 10.1. The van der Waals surface area contributed by atoms with E-state index in [1.54, 1.807) is 6.26 Å². The molecule has 0 aromatic carbocycles. The summed E-state index contributed by atoms with van der Waals surface area (Å²) in [5.41, 5.74) is 5.11. The zero-order chi connectivity index (χ0) is 11.3. The first-order chi connectivity index (χ1) is 7.08. The van der Waals surface area contributed by atoms with Crippen LogP contribution < -0.4 is 11.1 Å². The van der Waals surface area contributed by atoms with Crippen molar-refractivity contribution < 1.29 is 9.21 Å². The van der Waals surface area contributed by atoms with Crippen LogP contribution in [-0.2, 0) is 11.2 Å². The highest BCUT2D eigenvalue weighted by Crippen LogP contribution is 2.04. The van der Waals surface area contributed by atoms with Crippen LogP contribution in [0, 0.1) is 0 Å². The highest BCUT2D eigenvalue weighted by atomic mass is 16.3. The van der Waals surface area contributed by atoms with Crippen molar-refractivity contribution in [2.75, 3.05) is 0 Å². The summed E-state index contributed by atoms with van der Waals surface area (Å²) >= 11 is 0. The molecule has 0 bridgehead atoms. The van der Waals surface area contributed by atoms with Gasteiger partial charge in [-0.05, 0) is 26.0 Å². The van der Waals surface area contributed by atoms with E-state index in [1.807, 2.05) is 19.1 Å². The van der Waals surface area contributed by atoms with E-state index in [4.69, 9.17) is 10.2 Å². The SMILES string of the molecule is CC(CC(N)=O)NC(C)Cc1ccco1. The van der Waals surface area contributed by atoms with Gasteiger partial charge in [0.25, 0.3) is 0 Å². The molecule has 0 spiro atoms. The third kappa shape index (κ3) is 4.65. The summed E-state index contributed by atoms with van der Waals surface area (Å²) in [5.74, 6) is 0.668. The standard InChI is InChI=1S/C11H18N2O2/c1-8(6-10-4-3-5-15-10)13-9(2)7-11(12)14/h3-5,8-9,13H,6-7H2,1-2H3,(H2,12,14). The number of hydrogen-bond acceptors (Lipinski definition) is 3. The third-order valence-corrected chi connectivity index (χ3v) is 2.16. The molecule has 1 aromatic heterocycles. The molecule has 4 nitrogen and oxygen atoms in total. The molecule has 2 unspecified atom stereocenters. The van der Waals surface area contributed by atoms with Crippen molar-refractivity contribution in [3.8, 4) is 0 Å². The molecule has 15 heavy (non-hydrogen) atoms. The summed E-state index contributed by atoms with van der Waals surface area (Å²) in [7, 11) is 0. The highest BCUT2D eigenvalue weighted by molar-refractivity contribution is 5.74. The van der Waals surface area contributed by atoms with Gasteiger partial charge >= 0.3 is 0 Å². The van der Waals surface area contributed by atoms with Crippen LogP contribution in [0.3, 0.4) is 0 Å². The summed E-state index contributed by atoms with van der Waals surface area (Å²) in [6.45, 7) is 4.00. The van der Waals surface area contributed by atoms with E-state index in [0.717, 1.165) is 12.2 Å². The minimum absolute atomic E-state index is 0.104. The molecular formula is C11H18N2O2. The Kier molecular flexibility index (Phi) is 4.37. The largest absolute Gasteiger partial charge is 0.469 e. The van der Waals surface area contributed by atoms with Crippen molar-refractivity contribution in [1.29, 1.82) is 0 Å². The molecular weight excluding hydrogens is 192 g/mol. The minimum atomic E-state index is -0.278. The fraction of sp³-hybridized carbons (Fsp3) is 0.545. The Labute approximate surface area is 89.8 Å². The van der Waals surface area contributed by atoms with Gasteiger partial charge in [-0.15, -0.1) is 0 Å². The molecule has 0 aliphatic carbocycles. The van der Waals surface area contributed by atoms with Crippen LogP contribution in [-0.4, -0.2) is 18.0 Å². The maximum atomic E-state index is 10.7. The number of nitrogens with two attached hydrogens (primary N) is 1. The number of nitrogens with one attached hydrogen (secondary N) is 1. The average molecular weight is 210 g/mol. The molecule has 0 saturated carbocycles. The maximum absolute atomic E-state index is 10.7. The van der Waals surface area contributed by atoms with E-state index in [2.05, 4.69) is 12.2 Å². The second kappa shape index (κ2) is 5.56. The molecule has 1 aromatic rings. The summed E-state index contributed by atoms with van der Waals surface area (Å²) in [6, 6.07) is 4.18. The molecule has 3 N–H and O–H groups in total. The Balaban J connectivity index is 2.29. The fourth-order valence-corrected chi connectivity index (χ4v) is 1.64. The van der Waals surface area contributed by atoms with Gasteiger partial charge in [-0.2, -0.15) is 0 Å². The van der Waals surface area contributed by atoms with Gasteiger partial charge in [0.05, 0.1) is 6.26 Å². The summed E-state index contributed by atoms with van der Waals surface area (Å²) in [5, 5.41) is 3.29. The zero-order valence-electron chi connectivity index (χ0n) is 9.19. The van der Waals surface area contributed by atoms with Crippen LogP contribution in [0.1, 0.15) is 26.0 Å².